The van der Waals surface area contributed by atoms with Crippen molar-refractivity contribution in [2.45, 2.75) is 45.2 Å². The van der Waals surface area contributed by atoms with Crippen molar-refractivity contribution in [2.24, 2.45) is 4.99 Å². The smallest absolute Gasteiger partial charge is 0.191 e. The zero-order valence-corrected chi connectivity index (χ0v) is 22.4. The van der Waals surface area contributed by atoms with Gasteiger partial charge in [0.15, 0.2) is 17.5 Å². The van der Waals surface area contributed by atoms with Gasteiger partial charge in [-0.2, -0.15) is 0 Å². The van der Waals surface area contributed by atoms with Crippen LogP contribution in [0.2, 0.25) is 0 Å². The van der Waals surface area contributed by atoms with Crippen LogP contribution >= 0.6 is 24.0 Å². The van der Waals surface area contributed by atoms with E-state index in [0.717, 1.165) is 75.0 Å². The number of rotatable bonds is 10. The molecule has 7 nitrogen and oxygen atoms in total. The number of nitrogens with zero attached hydrogens (tertiary/aromatic N) is 3. The molecule has 33 heavy (non-hydrogen) atoms. The van der Waals surface area contributed by atoms with Gasteiger partial charge in [-0.1, -0.05) is 12.1 Å². The first-order valence-electron chi connectivity index (χ1n) is 11.6. The van der Waals surface area contributed by atoms with Crippen molar-refractivity contribution < 1.29 is 9.47 Å². The van der Waals surface area contributed by atoms with E-state index in [1.165, 1.54) is 5.56 Å². The van der Waals surface area contributed by atoms with Crippen LogP contribution in [0.3, 0.4) is 0 Å². The number of methoxy groups -OCH3 is 1. The second kappa shape index (κ2) is 15.0. The Labute approximate surface area is 215 Å². The molecule has 0 radical (unpaired) electrons. The van der Waals surface area contributed by atoms with E-state index < -0.39 is 0 Å². The Kier molecular flexibility index (Phi) is 12.3. The molecule has 1 aromatic carbocycles. The lowest BCUT2D eigenvalue weighted by atomic mass is 10.0. The first kappa shape index (κ1) is 27.2. The average Bonchev–Trinajstić information content (AvgIpc) is 2.83. The van der Waals surface area contributed by atoms with Crippen molar-refractivity contribution in [1.82, 2.24) is 20.5 Å². The summed E-state index contributed by atoms with van der Waals surface area (Å²) >= 11 is 0. The van der Waals surface area contributed by atoms with Crippen molar-refractivity contribution in [2.75, 3.05) is 40.4 Å². The minimum Gasteiger partial charge on any atom is -0.493 e. The normalized spacial score (nSPS) is 14.9. The molecule has 0 spiro atoms. The van der Waals surface area contributed by atoms with E-state index in [9.17, 15) is 0 Å². The SMILES string of the molecule is CCOc1cc(CCCNC(=NC)NC2CCN(Cc3ccccn3)CC2)ccc1OC.I. The molecule has 1 saturated heterocycles. The maximum Gasteiger partial charge on any atom is 0.191 e. The zero-order valence-electron chi connectivity index (χ0n) is 20.0. The summed E-state index contributed by atoms with van der Waals surface area (Å²) in [5, 5.41) is 7.05. The molecule has 0 aliphatic carbocycles. The summed E-state index contributed by atoms with van der Waals surface area (Å²) in [7, 11) is 3.51. The maximum absolute atomic E-state index is 5.68. The molecule has 182 valence electrons. The lowest BCUT2D eigenvalue weighted by molar-refractivity contribution is 0.196. The Bertz CT molecular complexity index is 842. The number of hydrogen-bond acceptors (Lipinski definition) is 5. The van der Waals surface area contributed by atoms with Gasteiger partial charge in [0.25, 0.3) is 0 Å². The number of nitrogens with one attached hydrogen (secondary N) is 2. The van der Waals surface area contributed by atoms with Gasteiger partial charge in [0.1, 0.15) is 0 Å². The van der Waals surface area contributed by atoms with E-state index in [4.69, 9.17) is 9.47 Å². The Hall–Kier alpha value is -2.07. The maximum atomic E-state index is 5.68. The summed E-state index contributed by atoms with van der Waals surface area (Å²) in [4.78, 5) is 11.3. The third kappa shape index (κ3) is 9.00. The number of aromatic nitrogens is 1. The molecule has 8 heteroatoms. The predicted molar refractivity (Wildman–Crippen MR) is 145 cm³/mol. The van der Waals surface area contributed by atoms with Crippen LogP contribution in [0.4, 0.5) is 0 Å². The van der Waals surface area contributed by atoms with Crippen molar-refractivity contribution >= 4 is 29.9 Å². The Morgan fingerprint density at radius 3 is 2.67 bits per heavy atom. The molecule has 3 rings (SSSR count). The highest BCUT2D eigenvalue weighted by molar-refractivity contribution is 14.0. The van der Waals surface area contributed by atoms with Crippen LogP contribution in [0, 0.1) is 0 Å². The second-order valence-electron chi connectivity index (χ2n) is 8.04. The molecule has 2 N–H and O–H groups in total. The van der Waals surface area contributed by atoms with Crippen molar-refractivity contribution in [1.29, 1.82) is 0 Å². The van der Waals surface area contributed by atoms with Crippen molar-refractivity contribution in [3.8, 4) is 11.5 Å². The van der Waals surface area contributed by atoms with E-state index in [-0.39, 0.29) is 24.0 Å². The molecule has 2 heterocycles. The second-order valence-corrected chi connectivity index (χ2v) is 8.04. The van der Waals surface area contributed by atoms with Gasteiger partial charge < -0.3 is 20.1 Å². The van der Waals surface area contributed by atoms with Gasteiger partial charge >= 0.3 is 0 Å². The van der Waals surface area contributed by atoms with E-state index in [2.05, 4.69) is 49.8 Å². The number of likely N-dealkylation sites (tertiary alicyclic amines) is 1. The summed E-state index contributed by atoms with van der Waals surface area (Å²) in [6.45, 7) is 6.56. The lowest BCUT2D eigenvalue weighted by Crippen LogP contribution is -2.48. The lowest BCUT2D eigenvalue weighted by Gasteiger charge is -2.32. The Balaban J connectivity index is 0.00000385. The summed E-state index contributed by atoms with van der Waals surface area (Å²) in [5.74, 6) is 2.48. The van der Waals surface area contributed by atoms with Crippen LogP contribution in [0.5, 0.6) is 11.5 Å². The van der Waals surface area contributed by atoms with Gasteiger partial charge in [-0.15, -0.1) is 24.0 Å². The van der Waals surface area contributed by atoms with E-state index in [1.54, 1.807) is 7.11 Å². The van der Waals surface area contributed by atoms with Gasteiger partial charge in [0.05, 0.1) is 19.4 Å². The topological polar surface area (TPSA) is 71.0 Å². The number of aliphatic imine (C=N–C) groups is 1. The third-order valence-corrected chi connectivity index (χ3v) is 5.73. The molecule has 0 bridgehead atoms. The fourth-order valence-corrected chi connectivity index (χ4v) is 3.99. The minimum atomic E-state index is 0. The molecule has 1 aromatic heterocycles. The summed E-state index contributed by atoms with van der Waals surface area (Å²) in [6, 6.07) is 12.7. The van der Waals surface area contributed by atoms with Crippen LogP contribution in [-0.2, 0) is 13.0 Å². The number of halogens is 1. The quantitative estimate of drug-likeness (QED) is 0.197. The van der Waals surface area contributed by atoms with Crippen LogP contribution in [0.15, 0.2) is 47.6 Å². The highest BCUT2D eigenvalue weighted by atomic mass is 127. The Morgan fingerprint density at radius 1 is 1.18 bits per heavy atom. The summed E-state index contributed by atoms with van der Waals surface area (Å²) < 4.78 is 11.0. The molecule has 1 aliphatic heterocycles. The predicted octanol–water partition coefficient (Wildman–Crippen LogP) is 3.87. The van der Waals surface area contributed by atoms with Crippen LogP contribution in [-0.4, -0.2) is 62.3 Å². The molecule has 2 aromatic rings. The molecule has 0 unspecified atom stereocenters. The van der Waals surface area contributed by atoms with Crippen molar-refractivity contribution in [3.63, 3.8) is 0 Å². The molecule has 0 saturated carbocycles. The van der Waals surface area contributed by atoms with Crippen LogP contribution in [0.1, 0.15) is 37.4 Å². The van der Waals surface area contributed by atoms with E-state index in [1.807, 2.05) is 32.3 Å². The molecule has 1 fully saturated rings. The van der Waals surface area contributed by atoms with Gasteiger partial charge in [0.2, 0.25) is 0 Å². The van der Waals surface area contributed by atoms with Gasteiger partial charge in [-0.3, -0.25) is 14.9 Å². The number of pyridine rings is 1. The van der Waals surface area contributed by atoms with Gasteiger partial charge in [0, 0.05) is 45.5 Å². The van der Waals surface area contributed by atoms with E-state index in [0.29, 0.717) is 12.6 Å². The fraction of sp³-hybridized carbons (Fsp3) is 0.520. The number of aryl methyl sites for hydroxylation is 1. The standard InChI is InChI=1S/C25H37N5O2.HI/c1-4-32-24-18-20(10-11-23(24)31-3)8-7-15-28-25(26-2)29-21-12-16-30(17-13-21)19-22-9-5-6-14-27-22;/h5-6,9-11,14,18,21H,4,7-8,12-13,15-17,19H2,1-3H3,(H2,26,28,29);1H. The highest BCUT2D eigenvalue weighted by Crippen LogP contribution is 2.28. The number of benzene rings is 1. The number of guanidine groups is 1. The number of ether oxygens (including phenoxy) is 2. The van der Waals surface area contributed by atoms with Crippen molar-refractivity contribution in [3.05, 3.63) is 53.9 Å². The molecular formula is C25H38IN5O2. The largest absolute Gasteiger partial charge is 0.493 e. The zero-order chi connectivity index (χ0) is 22.6. The van der Waals surface area contributed by atoms with E-state index >= 15 is 0 Å². The van der Waals surface area contributed by atoms with Crippen LogP contribution < -0.4 is 20.1 Å². The minimum absolute atomic E-state index is 0. The summed E-state index contributed by atoms with van der Waals surface area (Å²) in [6.07, 6.45) is 6.08. The molecular weight excluding hydrogens is 529 g/mol. The Morgan fingerprint density at radius 2 is 2.00 bits per heavy atom. The molecule has 1 aliphatic rings. The fourth-order valence-electron chi connectivity index (χ4n) is 3.99. The monoisotopic (exact) mass is 567 g/mol. The number of piperidine rings is 1. The average molecular weight is 568 g/mol. The third-order valence-electron chi connectivity index (χ3n) is 5.73. The first-order valence-corrected chi connectivity index (χ1v) is 11.6. The van der Waals surface area contributed by atoms with Gasteiger partial charge in [-0.05, 0) is 62.4 Å². The highest BCUT2D eigenvalue weighted by Gasteiger charge is 2.20. The number of hydrogen-bond donors (Lipinski definition) is 2. The summed E-state index contributed by atoms with van der Waals surface area (Å²) in [5.41, 5.74) is 2.39. The van der Waals surface area contributed by atoms with Crippen LogP contribution in [0.25, 0.3) is 0 Å². The molecule has 0 amide bonds. The van der Waals surface area contributed by atoms with Gasteiger partial charge in [-0.25, -0.2) is 0 Å². The first-order chi connectivity index (χ1) is 15.7. The molecule has 0 atom stereocenters.